The molecule has 0 unspecified atom stereocenters. The van der Waals surface area contributed by atoms with E-state index in [1.807, 2.05) is 68.3 Å². The zero-order valence-corrected chi connectivity index (χ0v) is 27.2. The van der Waals surface area contributed by atoms with Gasteiger partial charge in [0.15, 0.2) is 11.5 Å². The fourth-order valence-corrected chi connectivity index (χ4v) is 7.17. The molecule has 1 saturated heterocycles. The van der Waals surface area contributed by atoms with Crippen molar-refractivity contribution < 1.29 is 19.4 Å². The van der Waals surface area contributed by atoms with Crippen molar-refractivity contribution in [3.63, 3.8) is 0 Å². The predicted molar refractivity (Wildman–Crippen MR) is 176 cm³/mol. The molecular weight excluding hydrogens is 590 g/mol. The van der Waals surface area contributed by atoms with E-state index in [1.54, 1.807) is 17.2 Å². The van der Waals surface area contributed by atoms with Crippen molar-refractivity contribution in [2.24, 2.45) is 5.92 Å². The van der Waals surface area contributed by atoms with Gasteiger partial charge in [0.2, 0.25) is 11.8 Å². The highest BCUT2D eigenvalue weighted by molar-refractivity contribution is 6.30. The molecule has 1 atom stereocenters. The summed E-state index contributed by atoms with van der Waals surface area (Å²) in [6, 6.07) is 15.0. The van der Waals surface area contributed by atoms with Gasteiger partial charge in [0.05, 0.1) is 43.7 Å². The molecule has 1 aliphatic carbocycles. The maximum atomic E-state index is 13.7. The summed E-state index contributed by atoms with van der Waals surface area (Å²) >= 11 is 6.24. The normalized spacial score (nSPS) is 22.2. The number of carbonyl (C=O) groups excluding carboxylic acids is 2. The second-order valence-electron chi connectivity index (χ2n) is 13.0. The molecule has 2 aliphatic heterocycles. The molecule has 3 aromatic rings. The summed E-state index contributed by atoms with van der Waals surface area (Å²) in [7, 11) is 3.95. The Hall–Kier alpha value is -3.82. The van der Waals surface area contributed by atoms with Crippen LogP contribution in [0, 0.1) is 5.92 Å². The number of nitrogens with zero attached hydrogens (tertiary/aromatic N) is 5. The number of likely N-dealkylation sites (N-methyl/N-ethyl adjacent to an activating group) is 1. The van der Waals surface area contributed by atoms with Crippen LogP contribution in [0.25, 0.3) is 0 Å². The zero-order chi connectivity index (χ0) is 31.8. The molecule has 3 aliphatic rings. The summed E-state index contributed by atoms with van der Waals surface area (Å²) < 4.78 is 5.92. The molecule has 238 valence electrons. The van der Waals surface area contributed by atoms with Crippen LogP contribution in [0.4, 0.5) is 11.5 Å². The van der Waals surface area contributed by atoms with Crippen LogP contribution in [0.15, 0.2) is 54.7 Å². The highest BCUT2D eigenvalue weighted by Crippen LogP contribution is 2.43. The van der Waals surface area contributed by atoms with Gasteiger partial charge in [-0.1, -0.05) is 23.7 Å². The number of phenols is 1. The second-order valence-corrected chi connectivity index (χ2v) is 13.4. The molecule has 10 heteroatoms. The zero-order valence-electron chi connectivity index (χ0n) is 26.4. The number of amides is 2. The van der Waals surface area contributed by atoms with Crippen molar-refractivity contribution in [1.82, 2.24) is 14.8 Å². The van der Waals surface area contributed by atoms with Crippen LogP contribution in [0.3, 0.4) is 0 Å². The summed E-state index contributed by atoms with van der Waals surface area (Å²) in [5, 5.41) is 11.3. The molecule has 2 amide bonds. The van der Waals surface area contributed by atoms with Crippen molar-refractivity contribution in [2.45, 2.75) is 64.1 Å². The first-order chi connectivity index (χ1) is 21.6. The molecule has 9 nitrogen and oxygen atoms in total. The molecule has 2 fully saturated rings. The van der Waals surface area contributed by atoms with Gasteiger partial charge in [0, 0.05) is 31.7 Å². The Kier molecular flexibility index (Phi) is 8.93. The fourth-order valence-electron chi connectivity index (χ4n) is 7.04. The Balaban J connectivity index is 1.20. The van der Waals surface area contributed by atoms with Gasteiger partial charge in [-0.2, -0.15) is 0 Å². The maximum absolute atomic E-state index is 13.7. The third kappa shape index (κ3) is 6.60. The van der Waals surface area contributed by atoms with Crippen LogP contribution in [0.2, 0.25) is 5.02 Å². The second kappa shape index (κ2) is 12.9. The van der Waals surface area contributed by atoms with Gasteiger partial charge < -0.3 is 19.6 Å². The third-order valence-corrected chi connectivity index (χ3v) is 9.61. The first-order valence-electron chi connectivity index (χ1n) is 15.8. The topological polar surface area (TPSA) is 89.5 Å². The maximum Gasteiger partial charge on any atom is 0.237 e. The molecule has 45 heavy (non-hydrogen) atoms. The lowest BCUT2D eigenvalue weighted by Crippen LogP contribution is -2.41. The lowest BCUT2D eigenvalue weighted by atomic mass is 9.85. The number of aromatic hydroxyl groups is 1. The largest absolute Gasteiger partial charge is 0.504 e. The standard InChI is InChI=1S/C35H42ClN5O4/c1-22(2)45-31-17-29-25(15-30(31)42)16-33(43)41(35(29)24-7-9-26(36)10-8-24)28-13-14-32(37-18-28)38(3)19-23-5-11-27(12-6-23)40-20-34(44)39(4)21-40/h7-10,13-15,17-18,22-23,27,35,42H,5-6,11-12,16,19-21H2,1-4H3/t23-,27-,35-/m0/s1. The number of phenolic OH excluding ortho intramolecular Hbond substituents is 1. The number of benzene rings is 2. The molecule has 1 N–H and O–H groups in total. The molecule has 2 aromatic carbocycles. The predicted octanol–water partition coefficient (Wildman–Crippen LogP) is 5.63. The number of hydrogen-bond acceptors (Lipinski definition) is 7. The van der Waals surface area contributed by atoms with Crippen molar-refractivity contribution in [3.05, 3.63) is 76.4 Å². The van der Waals surface area contributed by atoms with Crippen molar-refractivity contribution >= 4 is 34.9 Å². The van der Waals surface area contributed by atoms with E-state index < -0.39 is 6.04 Å². The molecule has 0 radical (unpaired) electrons. The number of hydrogen-bond donors (Lipinski definition) is 1. The van der Waals surface area contributed by atoms with Gasteiger partial charge in [-0.25, -0.2) is 4.98 Å². The first-order valence-corrected chi connectivity index (χ1v) is 16.2. The van der Waals surface area contributed by atoms with E-state index in [9.17, 15) is 14.7 Å². The molecule has 6 rings (SSSR count). The van der Waals surface area contributed by atoms with Gasteiger partial charge in [-0.3, -0.25) is 19.4 Å². The number of aromatic nitrogens is 1. The molecule has 1 aromatic heterocycles. The van der Waals surface area contributed by atoms with E-state index in [2.05, 4.69) is 16.8 Å². The van der Waals surface area contributed by atoms with Crippen LogP contribution in [0.5, 0.6) is 11.5 Å². The molecular formula is C35H42ClN5O4. The number of rotatable bonds is 8. The van der Waals surface area contributed by atoms with Gasteiger partial charge in [0.1, 0.15) is 5.82 Å². The number of ether oxygens (including phenoxy) is 1. The Morgan fingerprint density at radius 3 is 2.40 bits per heavy atom. The minimum absolute atomic E-state index is 0.0276. The van der Waals surface area contributed by atoms with Crippen LogP contribution < -0.4 is 14.5 Å². The summed E-state index contributed by atoms with van der Waals surface area (Å²) in [4.78, 5) is 38.7. The van der Waals surface area contributed by atoms with Gasteiger partial charge in [-0.05, 0) is 98.5 Å². The lowest BCUT2D eigenvalue weighted by molar-refractivity contribution is -0.125. The van der Waals surface area contributed by atoms with E-state index in [0.717, 1.165) is 61.4 Å². The van der Waals surface area contributed by atoms with E-state index in [-0.39, 0.29) is 30.1 Å². The Bertz CT molecular complexity index is 1540. The first kappa shape index (κ1) is 31.2. The summed E-state index contributed by atoms with van der Waals surface area (Å²) in [5.74, 6) is 1.98. The summed E-state index contributed by atoms with van der Waals surface area (Å²) in [5.41, 5.74) is 3.27. The highest BCUT2D eigenvalue weighted by Gasteiger charge is 2.37. The van der Waals surface area contributed by atoms with Gasteiger partial charge >= 0.3 is 0 Å². The average molecular weight is 632 g/mol. The van der Waals surface area contributed by atoms with Crippen molar-refractivity contribution in [3.8, 4) is 11.5 Å². The van der Waals surface area contributed by atoms with Crippen molar-refractivity contribution in [2.75, 3.05) is 43.7 Å². The summed E-state index contributed by atoms with van der Waals surface area (Å²) in [6.07, 6.45) is 6.29. The van der Waals surface area contributed by atoms with Gasteiger partial charge in [0.25, 0.3) is 0 Å². The van der Waals surface area contributed by atoms with Crippen LogP contribution in [-0.4, -0.2) is 77.7 Å². The number of pyridine rings is 1. The SMILES string of the molecule is CC(C)Oc1cc2c(cc1O)CC(=O)N(c1ccc(N(C)C[C@H]3CC[C@H](N4CC(=O)N(C)C4)CC3)nc1)[C@H]2c1ccc(Cl)cc1. The van der Waals surface area contributed by atoms with Crippen LogP contribution in [0.1, 0.15) is 62.3 Å². The van der Waals surface area contributed by atoms with Crippen LogP contribution in [-0.2, 0) is 16.0 Å². The Morgan fingerprint density at radius 1 is 1.04 bits per heavy atom. The quantitative estimate of drug-likeness (QED) is 0.345. The average Bonchev–Trinajstić information content (AvgIpc) is 3.35. The lowest BCUT2D eigenvalue weighted by Gasteiger charge is -2.38. The third-order valence-electron chi connectivity index (χ3n) is 9.36. The number of carbonyl (C=O) groups is 2. The van der Waals surface area contributed by atoms with E-state index in [1.165, 1.54) is 0 Å². The smallest absolute Gasteiger partial charge is 0.237 e. The van der Waals surface area contributed by atoms with Crippen molar-refractivity contribution in [1.29, 1.82) is 0 Å². The minimum Gasteiger partial charge on any atom is -0.504 e. The highest BCUT2D eigenvalue weighted by atomic mass is 35.5. The van der Waals surface area contributed by atoms with E-state index in [0.29, 0.717) is 35.0 Å². The molecule has 3 heterocycles. The Morgan fingerprint density at radius 2 is 1.78 bits per heavy atom. The van der Waals surface area contributed by atoms with Gasteiger partial charge in [-0.15, -0.1) is 0 Å². The fraction of sp³-hybridized carbons (Fsp3) is 0.457. The van der Waals surface area contributed by atoms with E-state index in [4.69, 9.17) is 21.3 Å². The number of fused-ring (bicyclic) bond motifs is 1. The monoisotopic (exact) mass is 631 g/mol. The van der Waals surface area contributed by atoms with Crippen LogP contribution >= 0.6 is 11.6 Å². The molecule has 1 saturated carbocycles. The number of halogens is 1. The van der Waals surface area contributed by atoms with E-state index >= 15 is 0 Å². The molecule has 0 spiro atoms. The molecule has 0 bridgehead atoms. The minimum atomic E-state index is -0.445. The number of anilines is 2. The Labute approximate surface area is 270 Å². The summed E-state index contributed by atoms with van der Waals surface area (Å²) in [6.45, 7) is 6.02.